The summed E-state index contributed by atoms with van der Waals surface area (Å²) in [5.41, 5.74) is 3.36. The highest BCUT2D eigenvalue weighted by Gasteiger charge is 2.70. The third-order valence-corrected chi connectivity index (χ3v) is 9.44. The largest absolute Gasteiger partial charge is 0.497 e. The second-order valence-corrected chi connectivity index (χ2v) is 11.4. The first kappa shape index (κ1) is 24.5. The molecule has 4 aromatic rings. The van der Waals surface area contributed by atoms with Crippen LogP contribution >= 0.6 is 11.3 Å². The smallest absolute Gasteiger partial charge is 0.238 e. The van der Waals surface area contributed by atoms with Gasteiger partial charge in [0.1, 0.15) is 17.2 Å². The summed E-state index contributed by atoms with van der Waals surface area (Å²) in [5, 5.41) is 4.92. The average Bonchev–Trinajstić information content (AvgIpc) is 3.70. The highest BCUT2D eigenvalue weighted by atomic mass is 32.1. The topological polar surface area (TPSA) is 75.7 Å². The zero-order valence-corrected chi connectivity index (χ0v) is 22.8. The van der Waals surface area contributed by atoms with Crippen LogP contribution in [-0.2, 0) is 10.2 Å². The van der Waals surface area contributed by atoms with E-state index in [1.165, 1.54) is 11.3 Å². The van der Waals surface area contributed by atoms with E-state index in [0.717, 1.165) is 22.4 Å². The zero-order chi connectivity index (χ0) is 27.6. The highest BCUT2D eigenvalue weighted by molar-refractivity contribution is 7.12. The van der Waals surface area contributed by atoms with Crippen LogP contribution in [0.3, 0.4) is 0 Å². The van der Waals surface area contributed by atoms with Crippen LogP contribution in [0, 0.1) is 5.92 Å². The molecule has 1 aromatic heterocycles. The third kappa shape index (κ3) is 3.24. The van der Waals surface area contributed by atoms with Crippen LogP contribution in [0.1, 0.15) is 38.1 Å². The van der Waals surface area contributed by atoms with E-state index >= 15 is 0 Å². The van der Waals surface area contributed by atoms with Gasteiger partial charge in [0.2, 0.25) is 5.91 Å². The molecule has 6 nitrogen and oxygen atoms in total. The standard InChI is InChI=1S/C33H26N2O4S/c1-19-17-27-33(23-12-4-5-13-24(23)34-32(33)38)28(31(37)26-15-8-16-40-26)29(35(27)25-14-6-3-11-22(19)25)30(36)20-9-7-10-21(18-20)39-2/h3-18,27-29H,1-2H3,(H,34,38)/t27-,28+,29+,33-/m1/s1. The first-order chi connectivity index (χ1) is 19.5. The van der Waals surface area contributed by atoms with Gasteiger partial charge in [-0.05, 0) is 53.8 Å². The van der Waals surface area contributed by atoms with Crippen molar-refractivity contribution in [3.63, 3.8) is 0 Å². The molecule has 1 fully saturated rings. The van der Waals surface area contributed by atoms with Gasteiger partial charge in [0, 0.05) is 22.5 Å². The van der Waals surface area contributed by atoms with E-state index in [-0.39, 0.29) is 17.5 Å². The Morgan fingerprint density at radius 3 is 2.55 bits per heavy atom. The lowest BCUT2D eigenvalue weighted by Gasteiger charge is -2.39. The Labute approximate surface area is 235 Å². The van der Waals surface area contributed by atoms with E-state index in [0.29, 0.717) is 21.9 Å². The minimum atomic E-state index is -1.31. The maximum Gasteiger partial charge on any atom is 0.238 e. The maximum atomic E-state index is 14.7. The van der Waals surface area contributed by atoms with Crippen LogP contribution in [0.15, 0.2) is 96.4 Å². The molecule has 4 atom stereocenters. The summed E-state index contributed by atoms with van der Waals surface area (Å²) in [4.78, 5) is 46.3. The van der Waals surface area contributed by atoms with E-state index in [9.17, 15) is 14.4 Å². The fraction of sp³-hybridized carbons (Fsp3) is 0.182. The lowest BCUT2D eigenvalue weighted by Crippen LogP contribution is -2.51. The lowest BCUT2D eigenvalue weighted by atomic mass is 9.64. The number of rotatable bonds is 5. The highest BCUT2D eigenvalue weighted by Crippen LogP contribution is 2.59. The second-order valence-electron chi connectivity index (χ2n) is 10.4. The fourth-order valence-corrected chi connectivity index (χ4v) is 7.61. The van der Waals surface area contributed by atoms with Gasteiger partial charge in [-0.1, -0.05) is 60.7 Å². The summed E-state index contributed by atoms with van der Waals surface area (Å²) in [7, 11) is 1.56. The molecule has 1 amide bonds. The van der Waals surface area contributed by atoms with Crippen LogP contribution in [0.2, 0.25) is 0 Å². The molecule has 40 heavy (non-hydrogen) atoms. The second kappa shape index (κ2) is 9.03. The number of Topliss-reactive ketones (excluding diaryl/α,β-unsaturated/α-hetero) is 2. The number of para-hydroxylation sites is 2. The maximum absolute atomic E-state index is 14.7. The number of methoxy groups -OCH3 is 1. The summed E-state index contributed by atoms with van der Waals surface area (Å²) in [5.74, 6) is -1.12. The number of ketones is 2. The van der Waals surface area contributed by atoms with Gasteiger partial charge < -0.3 is 15.0 Å². The number of ether oxygens (including phenoxy) is 1. The lowest BCUT2D eigenvalue weighted by molar-refractivity contribution is -0.121. The van der Waals surface area contributed by atoms with Crippen molar-refractivity contribution in [2.45, 2.75) is 24.4 Å². The number of carbonyl (C=O) groups excluding carboxylic acids is 3. The summed E-state index contributed by atoms with van der Waals surface area (Å²) in [6, 6.07) is 24.6. The molecule has 3 aromatic carbocycles. The van der Waals surface area contributed by atoms with Crippen molar-refractivity contribution in [2.24, 2.45) is 5.92 Å². The van der Waals surface area contributed by atoms with Crippen molar-refractivity contribution in [2.75, 3.05) is 17.3 Å². The molecule has 0 unspecified atom stereocenters. The number of carbonyl (C=O) groups is 3. The molecule has 1 saturated heterocycles. The molecule has 0 radical (unpaired) electrons. The molecule has 0 bridgehead atoms. The number of allylic oxidation sites excluding steroid dienone is 1. The monoisotopic (exact) mass is 546 g/mol. The van der Waals surface area contributed by atoms with Gasteiger partial charge in [0.25, 0.3) is 0 Å². The minimum absolute atomic E-state index is 0.207. The predicted molar refractivity (Wildman–Crippen MR) is 156 cm³/mol. The minimum Gasteiger partial charge on any atom is -0.497 e. The van der Waals surface area contributed by atoms with Crippen molar-refractivity contribution in [1.82, 2.24) is 0 Å². The van der Waals surface area contributed by atoms with E-state index < -0.39 is 23.4 Å². The van der Waals surface area contributed by atoms with Crippen molar-refractivity contribution >= 4 is 45.8 Å². The quantitative estimate of drug-likeness (QED) is 0.311. The molecule has 3 aliphatic heterocycles. The molecule has 3 aliphatic rings. The molecule has 4 heterocycles. The van der Waals surface area contributed by atoms with Gasteiger partial charge in [-0.3, -0.25) is 14.4 Å². The summed E-state index contributed by atoms with van der Waals surface area (Å²) in [6.07, 6.45) is 2.07. The van der Waals surface area contributed by atoms with E-state index in [2.05, 4.69) is 11.4 Å². The Hall–Kier alpha value is -4.49. The molecule has 1 spiro atoms. The van der Waals surface area contributed by atoms with Crippen LogP contribution in [0.4, 0.5) is 11.4 Å². The number of fused-ring (bicyclic) bond motifs is 6. The first-order valence-electron chi connectivity index (χ1n) is 13.2. The molecule has 7 rings (SSSR count). The molecule has 0 saturated carbocycles. The number of hydrogen-bond acceptors (Lipinski definition) is 6. The van der Waals surface area contributed by atoms with Gasteiger partial charge >= 0.3 is 0 Å². The van der Waals surface area contributed by atoms with Crippen molar-refractivity contribution in [3.05, 3.63) is 118 Å². The summed E-state index contributed by atoms with van der Waals surface area (Å²) in [6.45, 7) is 2.02. The van der Waals surface area contributed by atoms with Crippen LogP contribution in [0.25, 0.3) is 5.57 Å². The molecule has 0 aliphatic carbocycles. The number of benzene rings is 3. The Balaban J connectivity index is 1.55. The average molecular weight is 547 g/mol. The number of hydrogen-bond donors (Lipinski definition) is 1. The van der Waals surface area contributed by atoms with E-state index in [4.69, 9.17) is 4.74 Å². The number of thiophene rings is 1. The van der Waals surface area contributed by atoms with Crippen LogP contribution in [0.5, 0.6) is 5.75 Å². The van der Waals surface area contributed by atoms with Crippen molar-refractivity contribution in [3.8, 4) is 5.75 Å². The van der Waals surface area contributed by atoms with Gasteiger partial charge in [0.05, 0.1) is 23.9 Å². The van der Waals surface area contributed by atoms with Gasteiger partial charge in [0.15, 0.2) is 11.6 Å². The van der Waals surface area contributed by atoms with E-state index in [1.807, 2.05) is 71.8 Å². The van der Waals surface area contributed by atoms with Gasteiger partial charge in [-0.25, -0.2) is 0 Å². The Bertz CT molecular complexity index is 1730. The number of anilines is 2. The Morgan fingerprint density at radius 2 is 1.75 bits per heavy atom. The molecular weight excluding hydrogens is 520 g/mol. The molecule has 198 valence electrons. The van der Waals surface area contributed by atoms with Gasteiger partial charge in [-0.2, -0.15) is 0 Å². The zero-order valence-electron chi connectivity index (χ0n) is 22.0. The number of amides is 1. The van der Waals surface area contributed by atoms with Crippen LogP contribution < -0.4 is 15.0 Å². The van der Waals surface area contributed by atoms with Crippen molar-refractivity contribution in [1.29, 1.82) is 0 Å². The summed E-state index contributed by atoms with van der Waals surface area (Å²) >= 11 is 1.33. The molecule has 1 N–H and O–H groups in total. The van der Waals surface area contributed by atoms with Crippen LogP contribution in [-0.4, -0.2) is 36.7 Å². The molecular formula is C33H26N2O4S. The first-order valence-corrected chi connectivity index (χ1v) is 14.1. The Kier molecular flexibility index (Phi) is 5.54. The SMILES string of the molecule is COc1cccc(C(=O)[C@@H]2[C@@H](C(=O)c3cccs3)[C@]3(C(=O)Nc4ccccc43)[C@H]3C=C(C)c4ccccc4N23)c1. The molecule has 7 heteroatoms. The fourth-order valence-electron chi connectivity index (χ4n) is 6.91. The van der Waals surface area contributed by atoms with Crippen molar-refractivity contribution < 1.29 is 19.1 Å². The number of nitrogens with one attached hydrogen (secondary N) is 1. The summed E-state index contributed by atoms with van der Waals surface area (Å²) < 4.78 is 5.43. The normalized spacial score (nSPS) is 24.1. The van der Waals surface area contributed by atoms with E-state index in [1.54, 1.807) is 37.4 Å². The Morgan fingerprint density at radius 1 is 0.950 bits per heavy atom. The van der Waals surface area contributed by atoms with Gasteiger partial charge in [-0.15, -0.1) is 11.3 Å². The predicted octanol–water partition coefficient (Wildman–Crippen LogP) is 6.00. The third-order valence-electron chi connectivity index (χ3n) is 8.55. The number of nitrogens with zero attached hydrogens (tertiary/aromatic N) is 1.